The maximum absolute atomic E-state index is 5.93. The fourth-order valence-electron chi connectivity index (χ4n) is 2.13. The van der Waals surface area contributed by atoms with Gasteiger partial charge in [0.2, 0.25) is 0 Å². The minimum absolute atomic E-state index is 0.311. The van der Waals surface area contributed by atoms with Crippen molar-refractivity contribution in [3.63, 3.8) is 0 Å². The van der Waals surface area contributed by atoms with Crippen molar-refractivity contribution in [3.8, 4) is 0 Å². The standard InChI is InChI=1S/C11H24N2OS/c1-13(5-8-15-2)10-11(9-12)3-6-14-7-4-11/h3-10,12H2,1-2H3. The topological polar surface area (TPSA) is 38.5 Å². The zero-order chi connectivity index (χ0) is 11.1. The molecular formula is C11H24N2OS. The van der Waals surface area contributed by atoms with Crippen LogP contribution in [0.1, 0.15) is 12.8 Å². The first-order valence-corrected chi connectivity index (χ1v) is 7.07. The van der Waals surface area contributed by atoms with Crippen molar-refractivity contribution in [1.29, 1.82) is 0 Å². The van der Waals surface area contributed by atoms with Gasteiger partial charge in [0.15, 0.2) is 0 Å². The molecule has 1 fully saturated rings. The molecule has 0 atom stereocenters. The maximum atomic E-state index is 5.93. The fourth-order valence-corrected chi connectivity index (χ4v) is 2.62. The molecule has 0 radical (unpaired) electrons. The van der Waals surface area contributed by atoms with Gasteiger partial charge in [-0.2, -0.15) is 11.8 Å². The molecule has 2 N–H and O–H groups in total. The number of nitrogens with zero attached hydrogens (tertiary/aromatic N) is 1. The highest BCUT2D eigenvalue weighted by Crippen LogP contribution is 2.29. The molecule has 0 aromatic heterocycles. The van der Waals surface area contributed by atoms with E-state index in [2.05, 4.69) is 18.2 Å². The summed E-state index contributed by atoms with van der Waals surface area (Å²) >= 11 is 1.90. The van der Waals surface area contributed by atoms with Crippen LogP contribution in [-0.2, 0) is 4.74 Å². The van der Waals surface area contributed by atoms with Gasteiger partial charge in [0, 0.05) is 32.1 Å². The number of nitrogens with two attached hydrogens (primary N) is 1. The molecule has 90 valence electrons. The van der Waals surface area contributed by atoms with Crippen molar-refractivity contribution in [2.24, 2.45) is 11.1 Å². The zero-order valence-corrected chi connectivity index (χ0v) is 10.8. The van der Waals surface area contributed by atoms with Crippen LogP contribution < -0.4 is 5.73 Å². The summed E-state index contributed by atoms with van der Waals surface area (Å²) in [5, 5.41) is 0. The second-order valence-electron chi connectivity index (χ2n) is 4.55. The van der Waals surface area contributed by atoms with Gasteiger partial charge < -0.3 is 15.4 Å². The predicted octanol–water partition coefficient (Wildman–Crippen LogP) is 1.04. The predicted molar refractivity (Wildman–Crippen MR) is 67.4 cm³/mol. The van der Waals surface area contributed by atoms with Crippen molar-refractivity contribution in [2.75, 3.05) is 51.9 Å². The highest BCUT2D eigenvalue weighted by atomic mass is 32.2. The van der Waals surface area contributed by atoms with Crippen LogP contribution in [-0.4, -0.2) is 56.8 Å². The molecule has 3 nitrogen and oxygen atoms in total. The molecule has 0 aliphatic carbocycles. The minimum atomic E-state index is 0.311. The van der Waals surface area contributed by atoms with Gasteiger partial charge in [-0.25, -0.2) is 0 Å². The van der Waals surface area contributed by atoms with Crippen LogP contribution in [0.5, 0.6) is 0 Å². The second-order valence-corrected chi connectivity index (χ2v) is 5.53. The lowest BCUT2D eigenvalue weighted by Crippen LogP contribution is -2.45. The van der Waals surface area contributed by atoms with Gasteiger partial charge in [-0.05, 0) is 38.1 Å². The van der Waals surface area contributed by atoms with E-state index in [-0.39, 0.29) is 0 Å². The van der Waals surface area contributed by atoms with Crippen molar-refractivity contribution in [2.45, 2.75) is 12.8 Å². The van der Waals surface area contributed by atoms with E-state index in [0.29, 0.717) is 5.41 Å². The molecule has 1 aliphatic rings. The van der Waals surface area contributed by atoms with E-state index in [4.69, 9.17) is 10.5 Å². The smallest absolute Gasteiger partial charge is 0.0472 e. The molecule has 0 spiro atoms. The second kappa shape index (κ2) is 6.74. The van der Waals surface area contributed by atoms with E-state index in [9.17, 15) is 0 Å². The Bertz CT molecular complexity index is 172. The third-order valence-electron chi connectivity index (χ3n) is 3.27. The van der Waals surface area contributed by atoms with Gasteiger partial charge >= 0.3 is 0 Å². The lowest BCUT2D eigenvalue weighted by molar-refractivity contribution is 0.00454. The Labute approximate surface area is 97.7 Å². The van der Waals surface area contributed by atoms with Crippen LogP contribution in [0.25, 0.3) is 0 Å². The van der Waals surface area contributed by atoms with Gasteiger partial charge in [-0.3, -0.25) is 0 Å². The number of rotatable bonds is 6. The van der Waals surface area contributed by atoms with Crippen LogP contribution in [0.15, 0.2) is 0 Å². The first-order chi connectivity index (χ1) is 7.22. The van der Waals surface area contributed by atoms with Gasteiger partial charge in [0.25, 0.3) is 0 Å². The first-order valence-electron chi connectivity index (χ1n) is 5.68. The molecule has 1 aliphatic heterocycles. The average molecular weight is 232 g/mol. The Morgan fingerprint density at radius 3 is 2.60 bits per heavy atom. The van der Waals surface area contributed by atoms with Crippen LogP contribution >= 0.6 is 11.8 Å². The van der Waals surface area contributed by atoms with Gasteiger partial charge in [0.05, 0.1) is 0 Å². The highest BCUT2D eigenvalue weighted by Gasteiger charge is 2.32. The summed E-state index contributed by atoms with van der Waals surface area (Å²) in [7, 11) is 2.20. The Morgan fingerprint density at radius 1 is 1.40 bits per heavy atom. The number of ether oxygens (including phenoxy) is 1. The summed E-state index contributed by atoms with van der Waals surface area (Å²) in [4.78, 5) is 2.41. The lowest BCUT2D eigenvalue weighted by atomic mass is 9.80. The Morgan fingerprint density at radius 2 is 2.07 bits per heavy atom. The molecule has 0 aromatic carbocycles. The van der Waals surface area contributed by atoms with Gasteiger partial charge in [-0.1, -0.05) is 0 Å². The summed E-state index contributed by atoms with van der Waals surface area (Å²) < 4.78 is 5.41. The summed E-state index contributed by atoms with van der Waals surface area (Å²) in [6, 6.07) is 0. The third-order valence-corrected chi connectivity index (χ3v) is 3.86. The number of hydrogen-bond acceptors (Lipinski definition) is 4. The molecule has 0 aromatic rings. The molecule has 0 bridgehead atoms. The van der Waals surface area contributed by atoms with E-state index < -0.39 is 0 Å². The first kappa shape index (κ1) is 13.3. The van der Waals surface area contributed by atoms with Crippen molar-refractivity contribution < 1.29 is 4.74 Å². The molecule has 4 heteroatoms. The highest BCUT2D eigenvalue weighted by molar-refractivity contribution is 7.98. The van der Waals surface area contributed by atoms with E-state index in [0.717, 1.165) is 45.7 Å². The molecule has 1 heterocycles. The number of thioether (sulfide) groups is 1. The molecule has 15 heavy (non-hydrogen) atoms. The van der Waals surface area contributed by atoms with Crippen molar-refractivity contribution in [1.82, 2.24) is 4.90 Å². The minimum Gasteiger partial charge on any atom is -0.381 e. The zero-order valence-electron chi connectivity index (χ0n) is 10.00. The summed E-state index contributed by atoms with van der Waals surface area (Å²) in [6.45, 7) is 4.83. The molecular weight excluding hydrogens is 208 g/mol. The Kier molecular flexibility index (Phi) is 5.97. The monoisotopic (exact) mass is 232 g/mol. The lowest BCUT2D eigenvalue weighted by Gasteiger charge is -2.39. The molecule has 0 amide bonds. The molecule has 1 saturated heterocycles. The summed E-state index contributed by atoms with van der Waals surface area (Å²) in [5.74, 6) is 1.20. The summed E-state index contributed by atoms with van der Waals surface area (Å²) in [5.41, 5.74) is 6.24. The maximum Gasteiger partial charge on any atom is 0.0472 e. The SMILES string of the molecule is CSCCN(C)CC1(CN)CCOCC1. The van der Waals surface area contributed by atoms with Gasteiger partial charge in [0.1, 0.15) is 0 Å². The molecule has 1 rings (SSSR count). The fraction of sp³-hybridized carbons (Fsp3) is 1.00. The Hall–Kier alpha value is 0.230. The third kappa shape index (κ3) is 4.31. The van der Waals surface area contributed by atoms with Crippen molar-refractivity contribution >= 4 is 11.8 Å². The van der Waals surface area contributed by atoms with Crippen molar-refractivity contribution in [3.05, 3.63) is 0 Å². The van der Waals surface area contributed by atoms with Crippen LogP contribution in [0, 0.1) is 5.41 Å². The molecule has 0 unspecified atom stereocenters. The van der Waals surface area contributed by atoms with E-state index >= 15 is 0 Å². The molecule has 0 saturated carbocycles. The Balaban J connectivity index is 2.37. The normalized spacial score (nSPS) is 20.8. The summed E-state index contributed by atoms with van der Waals surface area (Å²) in [6.07, 6.45) is 4.39. The van der Waals surface area contributed by atoms with Crippen LogP contribution in [0.2, 0.25) is 0 Å². The van der Waals surface area contributed by atoms with Crippen LogP contribution in [0.3, 0.4) is 0 Å². The number of hydrogen-bond donors (Lipinski definition) is 1. The van der Waals surface area contributed by atoms with Crippen LogP contribution in [0.4, 0.5) is 0 Å². The van der Waals surface area contributed by atoms with Gasteiger partial charge in [-0.15, -0.1) is 0 Å². The van der Waals surface area contributed by atoms with E-state index in [1.807, 2.05) is 11.8 Å². The van der Waals surface area contributed by atoms with E-state index in [1.165, 1.54) is 5.75 Å². The quantitative estimate of drug-likeness (QED) is 0.742. The largest absolute Gasteiger partial charge is 0.381 e. The van der Waals surface area contributed by atoms with E-state index in [1.54, 1.807) is 0 Å². The average Bonchev–Trinajstić information content (AvgIpc) is 2.27.